The van der Waals surface area contributed by atoms with E-state index in [2.05, 4.69) is 0 Å². The molecular formula is C8H5Cl2NO5S. The van der Waals surface area contributed by atoms with Crippen LogP contribution < -0.4 is 5.32 Å². The van der Waals surface area contributed by atoms with E-state index in [9.17, 15) is 18.0 Å². The highest BCUT2D eigenvalue weighted by atomic mass is 35.7. The average molecular weight is 298 g/mol. The molecule has 0 heterocycles. The Morgan fingerprint density at radius 3 is 2.35 bits per heavy atom. The van der Waals surface area contributed by atoms with Crippen LogP contribution in [0.4, 0.5) is 4.79 Å². The van der Waals surface area contributed by atoms with Gasteiger partial charge in [-0.1, -0.05) is 11.6 Å². The molecular weight excluding hydrogens is 293 g/mol. The molecule has 92 valence electrons. The SMILES string of the molecule is O=C(O)NC(=O)c1cc(Cl)ccc1S(=O)(=O)Cl. The average Bonchev–Trinajstić information content (AvgIpc) is 2.14. The van der Waals surface area contributed by atoms with Gasteiger partial charge >= 0.3 is 6.09 Å². The number of hydrogen-bond acceptors (Lipinski definition) is 4. The van der Waals surface area contributed by atoms with E-state index in [0.717, 1.165) is 12.1 Å². The zero-order valence-corrected chi connectivity index (χ0v) is 10.3. The summed E-state index contributed by atoms with van der Waals surface area (Å²) in [6.07, 6.45) is -1.62. The van der Waals surface area contributed by atoms with Crippen LogP contribution in [0.2, 0.25) is 5.02 Å². The van der Waals surface area contributed by atoms with Crippen LogP contribution in [0.25, 0.3) is 0 Å². The summed E-state index contributed by atoms with van der Waals surface area (Å²) in [7, 11) is 0.927. The number of halogens is 2. The molecule has 0 atom stereocenters. The summed E-state index contributed by atoms with van der Waals surface area (Å²) in [4.78, 5) is 21.2. The second-order valence-corrected chi connectivity index (χ2v) is 5.81. The fourth-order valence-electron chi connectivity index (χ4n) is 1.06. The maximum absolute atomic E-state index is 11.4. The van der Waals surface area contributed by atoms with Crippen molar-refractivity contribution in [1.29, 1.82) is 0 Å². The maximum atomic E-state index is 11.4. The summed E-state index contributed by atoms with van der Waals surface area (Å²) >= 11 is 5.58. The van der Waals surface area contributed by atoms with Crippen molar-refractivity contribution in [1.82, 2.24) is 5.32 Å². The van der Waals surface area contributed by atoms with Crippen LogP contribution in [0.1, 0.15) is 10.4 Å². The molecule has 1 rings (SSSR count). The van der Waals surface area contributed by atoms with Crippen molar-refractivity contribution in [3.05, 3.63) is 28.8 Å². The highest BCUT2D eigenvalue weighted by molar-refractivity contribution is 8.13. The lowest BCUT2D eigenvalue weighted by Gasteiger charge is -2.05. The molecule has 0 aromatic heterocycles. The molecule has 9 heteroatoms. The number of imide groups is 1. The van der Waals surface area contributed by atoms with Gasteiger partial charge in [0.15, 0.2) is 0 Å². The Morgan fingerprint density at radius 2 is 1.88 bits per heavy atom. The van der Waals surface area contributed by atoms with Gasteiger partial charge in [0.25, 0.3) is 15.0 Å². The van der Waals surface area contributed by atoms with Gasteiger partial charge in [0.05, 0.1) is 10.5 Å². The smallest absolute Gasteiger partial charge is 0.411 e. The largest absolute Gasteiger partial charge is 0.465 e. The number of nitrogens with one attached hydrogen (secondary N) is 1. The van der Waals surface area contributed by atoms with Crippen LogP contribution in [0.15, 0.2) is 23.1 Å². The molecule has 1 aromatic carbocycles. The molecule has 2 amide bonds. The van der Waals surface area contributed by atoms with Crippen LogP contribution in [-0.2, 0) is 9.05 Å². The predicted molar refractivity (Wildman–Crippen MR) is 60.0 cm³/mol. The van der Waals surface area contributed by atoms with Crippen LogP contribution >= 0.6 is 22.3 Å². The third-order valence-electron chi connectivity index (χ3n) is 1.67. The molecule has 2 N–H and O–H groups in total. The van der Waals surface area contributed by atoms with E-state index in [1.165, 1.54) is 11.4 Å². The first-order chi connectivity index (χ1) is 7.71. The Hall–Kier alpha value is -1.31. The lowest BCUT2D eigenvalue weighted by Crippen LogP contribution is -2.29. The number of carbonyl (C=O) groups is 2. The second-order valence-electron chi connectivity index (χ2n) is 2.84. The van der Waals surface area contributed by atoms with E-state index in [1.54, 1.807) is 0 Å². The fourth-order valence-corrected chi connectivity index (χ4v) is 2.28. The highest BCUT2D eigenvalue weighted by Crippen LogP contribution is 2.23. The number of benzene rings is 1. The Kier molecular flexibility index (Phi) is 3.97. The molecule has 0 aliphatic carbocycles. The van der Waals surface area contributed by atoms with Gasteiger partial charge in [-0.3, -0.25) is 10.1 Å². The third kappa shape index (κ3) is 3.58. The molecule has 0 spiro atoms. The van der Waals surface area contributed by atoms with E-state index in [0.29, 0.717) is 0 Å². The molecule has 0 aliphatic rings. The van der Waals surface area contributed by atoms with E-state index in [1.807, 2.05) is 0 Å². The first-order valence-electron chi connectivity index (χ1n) is 4.00. The van der Waals surface area contributed by atoms with Gasteiger partial charge in [-0.25, -0.2) is 13.2 Å². The number of carbonyl (C=O) groups excluding carboxylic acids is 1. The predicted octanol–water partition coefficient (Wildman–Crippen LogP) is 1.68. The summed E-state index contributed by atoms with van der Waals surface area (Å²) in [6, 6.07) is 3.24. The molecule has 0 unspecified atom stereocenters. The maximum Gasteiger partial charge on any atom is 0.411 e. The number of amides is 2. The molecule has 0 saturated heterocycles. The zero-order chi connectivity index (χ0) is 13.2. The van der Waals surface area contributed by atoms with Crippen LogP contribution in [0, 0.1) is 0 Å². The van der Waals surface area contributed by atoms with E-state index in [4.69, 9.17) is 27.4 Å². The molecule has 0 fully saturated rings. The van der Waals surface area contributed by atoms with Gasteiger partial charge in [-0.05, 0) is 18.2 Å². The second kappa shape index (κ2) is 4.91. The summed E-state index contributed by atoms with van der Waals surface area (Å²) in [6.45, 7) is 0. The van der Waals surface area contributed by atoms with Crippen molar-refractivity contribution in [2.75, 3.05) is 0 Å². The van der Waals surface area contributed by atoms with Gasteiger partial charge < -0.3 is 5.11 Å². The minimum absolute atomic E-state index is 0.0737. The Bertz CT molecular complexity index is 584. The Labute approximate surface area is 106 Å². The fraction of sp³-hybridized carbons (Fsp3) is 0. The van der Waals surface area contributed by atoms with Crippen molar-refractivity contribution in [3.8, 4) is 0 Å². The summed E-state index contributed by atoms with van der Waals surface area (Å²) in [5.74, 6) is -1.13. The standard InChI is InChI=1S/C8H5Cl2NO5S/c9-4-1-2-6(17(10,15)16)5(3-4)7(12)11-8(13)14/h1-3H,(H,11,12)(H,13,14). The number of carboxylic acid groups (broad SMARTS) is 1. The molecule has 0 bridgehead atoms. The van der Waals surface area contributed by atoms with Gasteiger partial charge in [0, 0.05) is 15.7 Å². The van der Waals surface area contributed by atoms with E-state index in [-0.39, 0.29) is 5.02 Å². The van der Waals surface area contributed by atoms with Crippen LogP contribution in [-0.4, -0.2) is 25.5 Å². The Morgan fingerprint density at radius 1 is 1.29 bits per heavy atom. The first-order valence-corrected chi connectivity index (χ1v) is 6.69. The van der Waals surface area contributed by atoms with Gasteiger partial charge in [0.2, 0.25) is 0 Å². The molecule has 0 radical (unpaired) electrons. The highest BCUT2D eigenvalue weighted by Gasteiger charge is 2.21. The quantitative estimate of drug-likeness (QED) is 0.809. The Balaban J connectivity index is 3.35. The summed E-state index contributed by atoms with van der Waals surface area (Å²) < 4.78 is 22.3. The lowest BCUT2D eigenvalue weighted by atomic mass is 10.2. The van der Waals surface area contributed by atoms with E-state index < -0.39 is 31.5 Å². The zero-order valence-electron chi connectivity index (χ0n) is 7.98. The topological polar surface area (TPSA) is 101 Å². The minimum atomic E-state index is -4.17. The van der Waals surface area contributed by atoms with Gasteiger partial charge in [0.1, 0.15) is 0 Å². The molecule has 1 aromatic rings. The van der Waals surface area contributed by atoms with Gasteiger partial charge in [-0.15, -0.1) is 0 Å². The van der Waals surface area contributed by atoms with E-state index >= 15 is 0 Å². The summed E-state index contributed by atoms with van der Waals surface area (Å²) in [5, 5.41) is 9.93. The molecule has 0 aliphatic heterocycles. The van der Waals surface area contributed by atoms with Crippen LogP contribution in [0.5, 0.6) is 0 Å². The monoisotopic (exact) mass is 297 g/mol. The third-order valence-corrected chi connectivity index (χ3v) is 3.28. The van der Waals surface area contributed by atoms with Crippen molar-refractivity contribution >= 4 is 43.3 Å². The number of hydrogen-bond donors (Lipinski definition) is 2. The van der Waals surface area contributed by atoms with Crippen molar-refractivity contribution < 1.29 is 23.1 Å². The normalized spacial score (nSPS) is 10.9. The first kappa shape index (κ1) is 13.8. The van der Waals surface area contributed by atoms with Gasteiger partial charge in [-0.2, -0.15) is 0 Å². The van der Waals surface area contributed by atoms with Crippen LogP contribution in [0.3, 0.4) is 0 Å². The van der Waals surface area contributed by atoms with Crippen molar-refractivity contribution in [2.24, 2.45) is 0 Å². The van der Waals surface area contributed by atoms with Crippen molar-refractivity contribution in [2.45, 2.75) is 4.90 Å². The van der Waals surface area contributed by atoms with Crippen molar-refractivity contribution in [3.63, 3.8) is 0 Å². The summed E-state index contributed by atoms with van der Waals surface area (Å²) in [5.41, 5.74) is -0.435. The molecule has 6 nitrogen and oxygen atoms in total. The molecule has 0 saturated carbocycles. The lowest BCUT2D eigenvalue weighted by molar-refractivity contribution is 0.0945. The minimum Gasteiger partial charge on any atom is -0.465 e. The number of rotatable bonds is 2. The molecule has 17 heavy (non-hydrogen) atoms.